The first-order valence-electron chi connectivity index (χ1n) is 11.3. The highest BCUT2D eigenvalue weighted by Gasteiger charge is 2.63. The Balaban J connectivity index is 1.82. The number of halogens is 1. The Hall–Kier alpha value is -2.47. The van der Waals surface area contributed by atoms with Crippen LogP contribution in [0, 0.1) is 12.7 Å². The molecule has 1 atom stereocenters. The second kappa shape index (κ2) is 6.56. The van der Waals surface area contributed by atoms with Gasteiger partial charge in [-0.1, -0.05) is 12.1 Å². The molecule has 1 aliphatic heterocycles. The number of benzene rings is 1. The second-order valence-corrected chi connectivity index (χ2v) is 23.3. The van der Waals surface area contributed by atoms with Gasteiger partial charge in [-0.05, 0) is 87.8 Å². The fourth-order valence-corrected chi connectivity index (χ4v) is 9.30. The zero-order valence-corrected chi connectivity index (χ0v) is 22.0. The number of aliphatic imine (C=N–C) groups is 1. The minimum atomic E-state index is -2.75. The summed E-state index contributed by atoms with van der Waals surface area (Å²) < 4.78 is 15.1. The Bertz CT molecular complexity index is 1320. The molecule has 0 bridgehead atoms. The summed E-state index contributed by atoms with van der Waals surface area (Å²) >= 11 is 0. The number of nitrogens with zero attached hydrogens (tertiary/aromatic N) is 3. The number of amidine groups is 1. The van der Waals surface area contributed by atoms with Crippen LogP contribution in [0.25, 0.3) is 10.9 Å². The lowest BCUT2D eigenvalue weighted by molar-refractivity contribution is 0.494. The van der Waals surface area contributed by atoms with Crippen LogP contribution in [-0.4, -0.2) is 51.3 Å². The summed E-state index contributed by atoms with van der Waals surface area (Å²) in [6.45, 7) is 8.42. The van der Waals surface area contributed by atoms with E-state index in [1.165, 1.54) is 0 Å². The van der Waals surface area contributed by atoms with Gasteiger partial charge in [0.1, 0.15) is 11.7 Å². The molecule has 0 unspecified atom stereocenters. The smallest absolute Gasteiger partial charge is 0.128 e. The number of aryl methyl sites for hydroxylation is 1. The molecule has 2 N–H and O–H groups in total. The van der Waals surface area contributed by atoms with Gasteiger partial charge < -0.3 is 5.73 Å². The number of rotatable bonds is 3. The third-order valence-electron chi connectivity index (χ3n) is 8.11. The van der Waals surface area contributed by atoms with Gasteiger partial charge in [0.15, 0.2) is 0 Å². The largest absolute Gasteiger partial charge is 0.386 e. The van der Waals surface area contributed by atoms with E-state index in [1.807, 2.05) is 44.4 Å². The van der Waals surface area contributed by atoms with E-state index in [1.54, 1.807) is 6.07 Å². The molecule has 178 valence electrons. The van der Waals surface area contributed by atoms with Crippen LogP contribution >= 0.6 is 8.29 Å². The summed E-state index contributed by atoms with van der Waals surface area (Å²) in [7, 11) is -2.75. The predicted octanol–water partition coefficient (Wildman–Crippen LogP) is 5.43. The summed E-state index contributed by atoms with van der Waals surface area (Å²) in [5.41, 5.74) is 10.3. The molecule has 1 aliphatic rings. The van der Waals surface area contributed by atoms with Gasteiger partial charge in [0.05, 0.1) is 16.7 Å². The van der Waals surface area contributed by atoms with Gasteiger partial charge in [0.2, 0.25) is 0 Å². The first-order valence-corrected chi connectivity index (χ1v) is 15.6. The van der Waals surface area contributed by atoms with Crippen molar-refractivity contribution in [1.82, 2.24) is 9.97 Å². The van der Waals surface area contributed by atoms with Gasteiger partial charge in [-0.25, -0.2) is 4.39 Å². The summed E-state index contributed by atoms with van der Waals surface area (Å²) in [6, 6.07) is 9.43. The van der Waals surface area contributed by atoms with E-state index in [-0.39, 0.29) is 10.6 Å². The molecule has 0 radical (unpaired) electrons. The molecule has 6 heteroatoms. The minimum absolute atomic E-state index is 0.245. The molecule has 0 saturated heterocycles. The Morgan fingerprint density at radius 1 is 1.03 bits per heavy atom. The van der Waals surface area contributed by atoms with Crippen LogP contribution in [0.1, 0.15) is 43.2 Å². The van der Waals surface area contributed by atoms with Crippen molar-refractivity contribution in [3.63, 3.8) is 0 Å². The van der Waals surface area contributed by atoms with Gasteiger partial charge in [0.25, 0.3) is 0 Å². The predicted molar refractivity (Wildman–Crippen MR) is 143 cm³/mol. The van der Waals surface area contributed by atoms with Crippen molar-refractivity contribution >= 4 is 25.0 Å². The topological polar surface area (TPSA) is 64.2 Å². The molecule has 1 aromatic carbocycles. The maximum absolute atomic E-state index is 15.3. The van der Waals surface area contributed by atoms with Crippen molar-refractivity contribution in [3.8, 4) is 0 Å². The van der Waals surface area contributed by atoms with Crippen molar-refractivity contribution in [3.05, 3.63) is 70.9 Å². The number of nitrogens with two attached hydrogens (primary N) is 1. The first-order chi connectivity index (χ1) is 14.9. The van der Waals surface area contributed by atoms with Gasteiger partial charge in [0, 0.05) is 34.5 Å². The normalized spacial score (nSPS) is 27.0. The third-order valence-corrected chi connectivity index (χ3v) is 15.0. The van der Waals surface area contributed by atoms with Gasteiger partial charge >= 0.3 is 0 Å². The molecule has 0 aliphatic carbocycles. The Kier molecular flexibility index (Phi) is 4.71. The van der Waals surface area contributed by atoms with Crippen LogP contribution in [0.15, 0.2) is 47.7 Å². The highest BCUT2D eigenvalue weighted by atomic mass is 32.4. The number of pyridine rings is 2. The van der Waals surface area contributed by atoms with Crippen LogP contribution in [0.5, 0.6) is 0 Å². The Morgan fingerprint density at radius 3 is 2.39 bits per heavy atom. The molecular formula is C27H37FN4S. The summed E-state index contributed by atoms with van der Waals surface area (Å²) in [6.07, 6.45) is 13.6. The number of aromatic nitrogens is 2. The zero-order valence-electron chi connectivity index (χ0n) is 21.2. The van der Waals surface area contributed by atoms with E-state index in [0.29, 0.717) is 17.8 Å². The lowest BCUT2D eigenvalue weighted by Gasteiger charge is -2.81. The maximum Gasteiger partial charge on any atom is 0.128 e. The van der Waals surface area contributed by atoms with Crippen molar-refractivity contribution in [2.75, 3.05) is 30.8 Å². The lowest BCUT2D eigenvalue weighted by Crippen LogP contribution is -2.65. The SMILES string of the molecule is Cc1cnc2c(Cc3ccc(F)c([C@]4(C)CS(C)(C)(C)(C)C(C)(C)C(N)=N4)c3)nccc2c1. The number of fused-ring (bicyclic) bond motifs is 1. The van der Waals surface area contributed by atoms with E-state index in [4.69, 9.17) is 10.7 Å². The van der Waals surface area contributed by atoms with Crippen molar-refractivity contribution in [1.29, 1.82) is 0 Å². The summed E-state index contributed by atoms with van der Waals surface area (Å²) in [5, 5.41) is 1.06. The second-order valence-electron chi connectivity index (χ2n) is 12.8. The average Bonchev–Trinajstić information content (AvgIpc) is 2.66. The number of hydrogen-bond donors (Lipinski definition) is 1. The lowest BCUT2D eigenvalue weighted by atomic mass is 9.90. The van der Waals surface area contributed by atoms with Crippen LogP contribution < -0.4 is 5.73 Å². The maximum atomic E-state index is 15.3. The number of hydrogen-bond acceptors (Lipinski definition) is 4. The van der Waals surface area contributed by atoms with E-state index in [2.05, 4.69) is 54.9 Å². The van der Waals surface area contributed by atoms with Crippen molar-refractivity contribution in [2.45, 2.75) is 44.4 Å². The summed E-state index contributed by atoms with van der Waals surface area (Å²) in [5.74, 6) is 1.12. The molecule has 0 amide bonds. The van der Waals surface area contributed by atoms with E-state index in [9.17, 15) is 0 Å². The van der Waals surface area contributed by atoms with Crippen LogP contribution in [0.3, 0.4) is 0 Å². The monoisotopic (exact) mass is 468 g/mol. The molecule has 2 aromatic heterocycles. The van der Waals surface area contributed by atoms with E-state index < -0.39 is 13.8 Å². The van der Waals surface area contributed by atoms with Gasteiger partial charge in [-0.15, -0.1) is 0 Å². The van der Waals surface area contributed by atoms with Crippen molar-refractivity contribution in [2.24, 2.45) is 10.7 Å². The van der Waals surface area contributed by atoms with E-state index in [0.717, 1.165) is 33.5 Å². The molecule has 0 spiro atoms. The standard InChI is InChI=1S/C27H37FN4S/c1-18-13-20-11-12-30-23(24(20)31-16-18)15-19-9-10-22(28)21(14-19)27(4)17-33(5,6,7,8)26(2,3)25(29)32-27/h9-14,16H,15,17H2,1-8H3,(H2,29,32)/t27-/m0/s1. The minimum Gasteiger partial charge on any atom is -0.386 e. The highest BCUT2D eigenvalue weighted by molar-refractivity contribution is 8.64. The first kappa shape index (κ1) is 23.7. The Labute approximate surface area is 196 Å². The molecule has 0 saturated carbocycles. The van der Waals surface area contributed by atoms with E-state index >= 15 is 4.39 Å². The third kappa shape index (κ3) is 3.72. The molecule has 3 heterocycles. The molecule has 0 fully saturated rings. The zero-order chi connectivity index (χ0) is 24.5. The summed E-state index contributed by atoms with van der Waals surface area (Å²) in [4.78, 5) is 14.2. The van der Waals surface area contributed by atoms with Crippen LogP contribution in [-0.2, 0) is 12.0 Å². The highest BCUT2D eigenvalue weighted by Crippen LogP contribution is 2.88. The van der Waals surface area contributed by atoms with Crippen molar-refractivity contribution < 1.29 is 4.39 Å². The van der Waals surface area contributed by atoms with Gasteiger partial charge in [-0.3, -0.25) is 23.3 Å². The van der Waals surface area contributed by atoms with Crippen LogP contribution in [0.4, 0.5) is 4.39 Å². The van der Waals surface area contributed by atoms with Gasteiger partial charge in [-0.2, -0.15) is 0 Å². The molecular weight excluding hydrogens is 431 g/mol. The fraction of sp³-hybridized carbons (Fsp3) is 0.444. The Morgan fingerprint density at radius 2 is 1.73 bits per heavy atom. The molecule has 33 heavy (non-hydrogen) atoms. The molecule has 4 nitrogen and oxygen atoms in total. The quantitative estimate of drug-likeness (QED) is 0.558. The fourth-order valence-electron chi connectivity index (χ4n) is 5.15. The van der Waals surface area contributed by atoms with Crippen LogP contribution in [0.2, 0.25) is 0 Å². The molecule has 4 rings (SSSR count). The molecule has 3 aromatic rings. The average molecular weight is 469 g/mol.